The number of pyridine rings is 1. The average Bonchev–Trinajstić information content (AvgIpc) is 3.22. The summed E-state index contributed by atoms with van der Waals surface area (Å²) in [7, 11) is 3.63. The average molecular weight is 486 g/mol. The number of aliphatic imine (C=N–C) groups is 1. The number of fused-ring (bicyclic) bond motifs is 1. The van der Waals surface area contributed by atoms with E-state index in [0.29, 0.717) is 34.4 Å². The maximum absolute atomic E-state index is 12.3. The number of carboxylic acids is 1. The summed E-state index contributed by atoms with van der Waals surface area (Å²) < 4.78 is 0. The van der Waals surface area contributed by atoms with Gasteiger partial charge in [0, 0.05) is 43.5 Å². The maximum Gasteiger partial charge on any atom is 0.354 e. The first kappa shape index (κ1) is 24.5. The van der Waals surface area contributed by atoms with Crippen LogP contribution in [-0.4, -0.2) is 69.9 Å². The molecular formula is C27H27N5O4. The van der Waals surface area contributed by atoms with E-state index in [4.69, 9.17) is 4.99 Å². The fraction of sp³-hybridized carbons (Fsp3) is 0.185. The summed E-state index contributed by atoms with van der Waals surface area (Å²) in [6.07, 6.45) is 1.42. The number of aromatic amines is 1. The van der Waals surface area contributed by atoms with E-state index in [1.807, 2.05) is 73.5 Å². The van der Waals surface area contributed by atoms with Gasteiger partial charge in [0.15, 0.2) is 5.88 Å². The van der Waals surface area contributed by atoms with Crippen molar-refractivity contribution in [3.63, 3.8) is 0 Å². The van der Waals surface area contributed by atoms with Crippen LogP contribution in [0.3, 0.4) is 0 Å². The van der Waals surface area contributed by atoms with Gasteiger partial charge in [-0.15, -0.1) is 0 Å². The Morgan fingerprint density at radius 1 is 1.06 bits per heavy atom. The van der Waals surface area contributed by atoms with Crippen LogP contribution in [0.1, 0.15) is 28.5 Å². The zero-order chi connectivity index (χ0) is 25.8. The predicted octanol–water partition coefficient (Wildman–Crippen LogP) is 4.05. The minimum absolute atomic E-state index is 0.0305. The van der Waals surface area contributed by atoms with Gasteiger partial charge in [-0.05, 0) is 37.3 Å². The van der Waals surface area contributed by atoms with E-state index in [1.54, 1.807) is 11.9 Å². The lowest BCUT2D eigenvalue weighted by Crippen LogP contribution is -2.36. The van der Waals surface area contributed by atoms with Gasteiger partial charge < -0.3 is 25.0 Å². The van der Waals surface area contributed by atoms with Crippen molar-refractivity contribution in [3.05, 3.63) is 83.7 Å². The topological polar surface area (TPSA) is 122 Å². The molecule has 4 rings (SSSR count). The summed E-state index contributed by atoms with van der Waals surface area (Å²) in [4.78, 5) is 38.8. The highest BCUT2D eigenvalue weighted by atomic mass is 16.4. The Labute approximate surface area is 208 Å². The van der Waals surface area contributed by atoms with Crippen LogP contribution in [0.5, 0.6) is 5.88 Å². The summed E-state index contributed by atoms with van der Waals surface area (Å²) >= 11 is 0. The van der Waals surface area contributed by atoms with E-state index in [1.165, 1.54) is 12.3 Å². The molecule has 0 aliphatic heterocycles. The van der Waals surface area contributed by atoms with Crippen LogP contribution in [0.4, 0.5) is 11.4 Å². The van der Waals surface area contributed by atoms with E-state index in [9.17, 15) is 19.8 Å². The summed E-state index contributed by atoms with van der Waals surface area (Å²) in [5, 5.41) is 20.6. The number of aromatic nitrogens is 2. The minimum atomic E-state index is -1.16. The number of anilines is 1. The molecule has 0 spiro atoms. The predicted molar refractivity (Wildman–Crippen MR) is 139 cm³/mol. The van der Waals surface area contributed by atoms with Crippen LogP contribution in [0.2, 0.25) is 0 Å². The lowest BCUT2D eigenvalue weighted by molar-refractivity contribution is -0.128. The maximum atomic E-state index is 12.3. The van der Waals surface area contributed by atoms with Gasteiger partial charge in [0.2, 0.25) is 5.91 Å². The second kappa shape index (κ2) is 10.3. The number of rotatable bonds is 8. The molecule has 184 valence electrons. The molecule has 9 nitrogen and oxygen atoms in total. The van der Waals surface area contributed by atoms with Crippen molar-refractivity contribution in [2.45, 2.75) is 6.92 Å². The van der Waals surface area contributed by atoms with E-state index >= 15 is 0 Å². The molecular weight excluding hydrogens is 458 g/mol. The first-order valence-electron chi connectivity index (χ1n) is 11.4. The molecule has 2 heterocycles. The van der Waals surface area contributed by atoms with Gasteiger partial charge in [-0.25, -0.2) is 14.8 Å². The summed E-state index contributed by atoms with van der Waals surface area (Å²) in [5.41, 5.74) is 3.53. The smallest absolute Gasteiger partial charge is 0.354 e. The molecule has 36 heavy (non-hydrogen) atoms. The molecule has 0 aliphatic carbocycles. The number of carboxylic acid groups (broad SMARTS) is 1. The number of hydrogen-bond acceptors (Lipinski definition) is 6. The van der Waals surface area contributed by atoms with Crippen molar-refractivity contribution in [1.82, 2.24) is 14.9 Å². The second-order valence-electron chi connectivity index (χ2n) is 8.38. The van der Waals surface area contributed by atoms with Crippen LogP contribution in [0.15, 0.2) is 71.9 Å². The Morgan fingerprint density at radius 3 is 2.39 bits per heavy atom. The molecule has 2 aromatic heterocycles. The Balaban J connectivity index is 1.73. The Hall–Kier alpha value is -4.66. The first-order valence-corrected chi connectivity index (χ1v) is 11.4. The molecule has 2 aromatic carbocycles. The number of aromatic carboxylic acids is 1. The summed E-state index contributed by atoms with van der Waals surface area (Å²) in [6.45, 7) is 2.84. The van der Waals surface area contributed by atoms with Crippen molar-refractivity contribution < 1.29 is 19.8 Å². The molecule has 0 aliphatic rings. The number of H-pyrrole nitrogens is 1. The van der Waals surface area contributed by atoms with Crippen molar-refractivity contribution in [2.24, 2.45) is 4.99 Å². The summed E-state index contributed by atoms with van der Waals surface area (Å²) in [5.74, 6) is -1.26. The van der Waals surface area contributed by atoms with Crippen molar-refractivity contribution in [1.29, 1.82) is 0 Å². The van der Waals surface area contributed by atoms with Gasteiger partial charge >= 0.3 is 5.97 Å². The van der Waals surface area contributed by atoms with Gasteiger partial charge in [0.1, 0.15) is 5.69 Å². The largest absolute Gasteiger partial charge is 0.494 e. The number of carbonyl (C=O) groups is 2. The SMILES string of the molecule is CCN(C)C(=O)CN(C)c1ccc(N=C(c2ccccc2)c2c(O)[nH]c3cc(C(=O)O)ncc23)cc1. The Kier molecular flexibility index (Phi) is 7.00. The zero-order valence-corrected chi connectivity index (χ0v) is 20.3. The number of amides is 1. The number of benzene rings is 2. The van der Waals surface area contributed by atoms with Crippen LogP contribution in [0.25, 0.3) is 10.9 Å². The third kappa shape index (κ3) is 5.05. The number of likely N-dealkylation sites (N-methyl/N-ethyl adjacent to an activating group) is 2. The number of aromatic hydroxyl groups is 1. The fourth-order valence-corrected chi connectivity index (χ4v) is 3.80. The molecule has 3 N–H and O–H groups in total. The van der Waals surface area contributed by atoms with Gasteiger partial charge in [0.25, 0.3) is 0 Å². The molecule has 0 saturated heterocycles. The molecule has 0 fully saturated rings. The van der Waals surface area contributed by atoms with Crippen molar-refractivity contribution >= 4 is 39.9 Å². The Morgan fingerprint density at radius 2 is 1.75 bits per heavy atom. The summed E-state index contributed by atoms with van der Waals surface area (Å²) in [6, 6.07) is 18.2. The molecule has 9 heteroatoms. The van der Waals surface area contributed by atoms with Gasteiger partial charge in [-0.3, -0.25) is 4.79 Å². The van der Waals surface area contributed by atoms with Gasteiger partial charge in [0.05, 0.1) is 29.0 Å². The van der Waals surface area contributed by atoms with Gasteiger partial charge in [-0.2, -0.15) is 0 Å². The number of hydrogen-bond donors (Lipinski definition) is 3. The van der Waals surface area contributed by atoms with E-state index < -0.39 is 5.97 Å². The molecule has 4 aromatic rings. The quantitative estimate of drug-likeness (QED) is 0.324. The first-order chi connectivity index (χ1) is 17.3. The molecule has 0 atom stereocenters. The second-order valence-corrected chi connectivity index (χ2v) is 8.38. The highest BCUT2D eigenvalue weighted by molar-refractivity contribution is 6.22. The van der Waals surface area contributed by atoms with Crippen LogP contribution >= 0.6 is 0 Å². The van der Waals surface area contributed by atoms with E-state index in [2.05, 4.69) is 9.97 Å². The number of carbonyl (C=O) groups excluding carboxylic acids is 1. The normalized spacial score (nSPS) is 11.5. The van der Waals surface area contributed by atoms with Crippen LogP contribution in [-0.2, 0) is 4.79 Å². The molecule has 1 amide bonds. The third-order valence-electron chi connectivity index (χ3n) is 5.97. The lowest BCUT2D eigenvalue weighted by Gasteiger charge is -2.22. The molecule has 0 radical (unpaired) electrons. The Bertz CT molecular complexity index is 1430. The van der Waals surface area contributed by atoms with Crippen molar-refractivity contribution in [3.8, 4) is 5.88 Å². The molecule has 0 saturated carbocycles. The van der Waals surface area contributed by atoms with Gasteiger partial charge in [-0.1, -0.05) is 30.3 Å². The van der Waals surface area contributed by atoms with Crippen LogP contribution < -0.4 is 4.90 Å². The third-order valence-corrected chi connectivity index (χ3v) is 5.97. The lowest BCUT2D eigenvalue weighted by atomic mass is 10.0. The highest BCUT2D eigenvalue weighted by Crippen LogP contribution is 2.32. The zero-order valence-electron chi connectivity index (χ0n) is 20.3. The molecule has 0 bridgehead atoms. The number of nitrogens with zero attached hydrogens (tertiary/aromatic N) is 4. The minimum Gasteiger partial charge on any atom is -0.494 e. The van der Waals surface area contributed by atoms with Crippen molar-refractivity contribution in [2.75, 3.05) is 32.1 Å². The fourth-order valence-electron chi connectivity index (χ4n) is 3.80. The van der Waals surface area contributed by atoms with Crippen LogP contribution in [0, 0.1) is 0 Å². The number of nitrogens with one attached hydrogen (secondary N) is 1. The van der Waals surface area contributed by atoms with E-state index in [0.717, 1.165) is 11.3 Å². The standard InChI is InChI=1S/C27H27N5O4/c1-4-31(2)23(33)16-32(3)19-12-10-18(11-13-19)29-25(17-8-6-5-7-9-17)24-20-15-28-22(27(35)36)14-21(20)30-26(24)34/h5-15,30,34H,4,16H2,1-3H3,(H,35,36). The van der Waals surface area contributed by atoms with E-state index in [-0.39, 0.29) is 24.0 Å². The highest BCUT2D eigenvalue weighted by Gasteiger charge is 2.20. The monoisotopic (exact) mass is 485 g/mol. The molecule has 0 unspecified atom stereocenters.